The zero-order valence-corrected chi connectivity index (χ0v) is 28.4. The van der Waals surface area contributed by atoms with Gasteiger partial charge in [0.1, 0.15) is 5.75 Å². The van der Waals surface area contributed by atoms with Gasteiger partial charge in [-0.25, -0.2) is 0 Å². The van der Waals surface area contributed by atoms with E-state index in [1.165, 1.54) is 12.8 Å². The molecule has 236 valence electrons. The molecule has 2 saturated heterocycles. The highest BCUT2D eigenvalue weighted by atomic mass is 35.5. The summed E-state index contributed by atoms with van der Waals surface area (Å²) in [4.78, 5) is 18.6. The number of hydrogen-bond acceptors (Lipinski definition) is 5. The van der Waals surface area contributed by atoms with Gasteiger partial charge in [0, 0.05) is 73.6 Å². The van der Waals surface area contributed by atoms with E-state index in [0.717, 1.165) is 72.2 Å². The van der Waals surface area contributed by atoms with Crippen molar-refractivity contribution < 1.29 is 9.53 Å². The topological polar surface area (TPSA) is 75.8 Å². The highest BCUT2D eigenvalue weighted by molar-refractivity contribution is 7.22. The molecule has 1 amide bonds. The van der Waals surface area contributed by atoms with Crippen LogP contribution >= 0.6 is 43.7 Å². The number of nitrogens with one attached hydrogen (secondary N) is 1. The fourth-order valence-electron chi connectivity index (χ4n) is 6.87. The molecule has 2 aliphatic heterocycles. The quantitative estimate of drug-likeness (QED) is 0.131. The summed E-state index contributed by atoms with van der Waals surface area (Å²) in [5.74, 6) is 0.614. The van der Waals surface area contributed by atoms with Crippen LogP contribution < -0.4 is 15.8 Å². The van der Waals surface area contributed by atoms with Crippen LogP contribution in [0.25, 0.3) is 10.9 Å². The van der Waals surface area contributed by atoms with Gasteiger partial charge in [-0.3, -0.25) is 14.6 Å². The first-order valence-electron chi connectivity index (χ1n) is 15.2. The van der Waals surface area contributed by atoms with E-state index in [1.807, 2.05) is 42.6 Å². The summed E-state index contributed by atoms with van der Waals surface area (Å²) in [6.45, 7) is 5.04. The lowest BCUT2D eigenvalue weighted by molar-refractivity contribution is 0.0747. The number of aryl methyl sites for hydroxylation is 1. The number of halogens is 3. The first kappa shape index (κ1) is 32.2. The maximum atomic E-state index is 13.4. The molecule has 6 rings (SSSR count). The van der Waals surface area contributed by atoms with Crippen LogP contribution in [0.5, 0.6) is 5.75 Å². The third-order valence-corrected chi connectivity index (χ3v) is 10.3. The minimum atomic E-state index is -0.143. The number of nitrogen functional groups attached to an aromatic ring is 1. The van der Waals surface area contributed by atoms with Crippen LogP contribution in [0.15, 0.2) is 60.8 Å². The van der Waals surface area contributed by atoms with Crippen LogP contribution in [-0.4, -0.2) is 70.9 Å². The van der Waals surface area contributed by atoms with Gasteiger partial charge in [0.2, 0.25) is 0 Å². The number of benzene rings is 3. The molecule has 0 radical (unpaired) electrons. The van der Waals surface area contributed by atoms with Crippen molar-refractivity contribution >= 4 is 71.5 Å². The van der Waals surface area contributed by atoms with Gasteiger partial charge in [-0.1, -0.05) is 53.0 Å². The summed E-state index contributed by atoms with van der Waals surface area (Å²) in [5.41, 5.74) is 10.2. The molecule has 0 saturated carbocycles. The Balaban J connectivity index is 1.09. The standard InChI is InChI=1S/C34H37Cl3N5O2P/c1-44-31-5-2-4-27-28(34(43)39-16-21-6-9-29(36)30(37)12-21)19-41(33(27)31)10-3-11-42-25-7-8-26(42)18-40(17-25)20-32(45)22-13-23(35)15-24(38)14-22/h2,4-6,9,12-15,19,25-26,45H,3,7-8,10-11,16-18,20,38H2,1H3,(H,39,43). The maximum absolute atomic E-state index is 13.4. The van der Waals surface area contributed by atoms with E-state index in [9.17, 15) is 4.79 Å². The van der Waals surface area contributed by atoms with Crippen LogP contribution in [-0.2, 0) is 13.1 Å². The summed E-state index contributed by atoms with van der Waals surface area (Å²) in [6.07, 6.45) is 5.35. The monoisotopic (exact) mass is 683 g/mol. The van der Waals surface area contributed by atoms with Gasteiger partial charge >= 0.3 is 0 Å². The van der Waals surface area contributed by atoms with Gasteiger partial charge in [-0.2, -0.15) is 0 Å². The normalized spacial score (nSPS) is 18.4. The minimum absolute atomic E-state index is 0.143. The second kappa shape index (κ2) is 13.9. The number of fused-ring (bicyclic) bond motifs is 3. The summed E-state index contributed by atoms with van der Waals surface area (Å²) in [5, 5.41) is 6.62. The van der Waals surface area contributed by atoms with Crippen molar-refractivity contribution in [2.45, 2.75) is 44.4 Å². The van der Waals surface area contributed by atoms with Crippen molar-refractivity contribution in [2.75, 3.05) is 39.0 Å². The van der Waals surface area contributed by atoms with Crippen LogP contribution in [0.2, 0.25) is 15.1 Å². The first-order valence-corrected chi connectivity index (χ1v) is 16.8. The highest BCUT2D eigenvalue weighted by Crippen LogP contribution is 2.33. The third-order valence-electron chi connectivity index (χ3n) is 8.94. The Morgan fingerprint density at radius 1 is 1.02 bits per heavy atom. The van der Waals surface area contributed by atoms with Crippen LogP contribution in [0, 0.1) is 0 Å². The van der Waals surface area contributed by atoms with Crippen molar-refractivity contribution in [2.24, 2.45) is 0 Å². The lowest BCUT2D eigenvalue weighted by atomic mass is 10.1. The zero-order chi connectivity index (χ0) is 31.7. The highest BCUT2D eigenvalue weighted by Gasteiger charge is 2.39. The van der Waals surface area contributed by atoms with Crippen LogP contribution in [0.1, 0.15) is 40.7 Å². The molecule has 45 heavy (non-hydrogen) atoms. The second-order valence-corrected chi connectivity index (χ2v) is 13.8. The molecule has 11 heteroatoms. The summed E-state index contributed by atoms with van der Waals surface area (Å²) < 4.78 is 7.90. The number of para-hydroxylation sites is 1. The van der Waals surface area contributed by atoms with Crippen molar-refractivity contribution in [1.29, 1.82) is 0 Å². The molecule has 2 fully saturated rings. The van der Waals surface area contributed by atoms with Crippen LogP contribution in [0.3, 0.4) is 0 Å². The minimum Gasteiger partial charge on any atom is -0.495 e. The fourth-order valence-corrected chi connectivity index (χ4v) is 7.80. The van der Waals surface area contributed by atoms with Gasteiger partial charge < -0.3 is 20.4 Å². The average Bonchev–Trinajstić information content (AvgIpc) is 3.50. The lowest BCUT2D eigenvalue weighted by Gasteiger charge is -2.41. The largest absolute Gasteiger partial charge is 0.495 e. The molecular formula is C34H37Cl3N5O2P. The number of nitrogens with two attached hydrogens (primary N) is 1. The first-order chi connectivity index (χ1) is 21.7. The Kier molecular flexibility index (Phi) is 9.96. The Labute approximate surface area is 281 Å². The predicted molar refractivity (Wildman–Crippen MR) is 189 cm³/mol. The molecule has 4 aromatic rings. The van der Waals surface area contributed by atoms with E-state index >= 15 is 0 Å². The number of amides is 1. The number of rotatable bonds is 11. The van der Waals surface area contributed by atoms with Gasteiger partial charge in [-0.15, -0.1) is 8.86 Å². The number of methoxy groups -OCH3 is 1. The van der Waals surface area contributed by atoms with E-state index in [0.29, 0.717) is 44.9 Å². The SMILES string of the molecule is COc1cccc2c(C(=O)NCc3ccc(Cl)c(Cl)c3)cn(CCCN3C4CCC3CN(CC(=P)c3cc(N)cc(Cl)c3)C4)c12. The van der Waals surface area contributed by atoms with E-state index < -0.39 is 0 Å². The zero-order valence-electron chi connectivity index (χ0n) is 25.2. The van der Waals surface area contributed by atoms with Crippen LogP contribution in [0.4, 0.5) is 5.69 Å². The molecule has 2 bridgehead atoms. The molecule has 3 heterocycles. The van der Waals surface area contributed by atoms with Gasteiger partial charge in [0.05, 0.1) is 28.2 Å². The summed E-state index contributed by atoms with van der Waals surface area (Å²) in [6, 6.07) is 18.0. The number of anilines is 1. The number of piperazine rings is 1. The number of likely N-dealkylation sites (tertiary alicyclic amines) is 1. The molecular weight excluding hydrogens is 648 g/mol. The lowest BCUT2D eigenvalue weighted by Crippen LogP contribution is -2.54. The molecule has 2 aliphatic rings. The van der Waals surface area contributed by atoms with E-state index in [4.69, 9.17) is 45.3 Å². The van der Waals surface area contributed by atoms with E-state index in [-0.39, 0.29) is 5.91 Å². The third kappa shape index (κ3) is 7.15. The summed E-state index contributed by atoms with van der Waals surface area (Å²) in [7, 11) is 5.53. The average molecular weight is 685 g/mol. The van der Waals surface area contributed by atoms with E-state index in [1.54, 1.807) is 25.3 Å². The number of ether oxygens (including phenoxy) is 1. The Morgan fingerprint density at radius 3 is 2.51 bits per heavy atom. The number of aromatic nitrogens is 1. The van der Waals surface area contributed by atoms with Crippen molar-refractivity contribution in [3.63, 3.8) is 0 Å². The van der Waals surface area contributed by atoms with Crippen molar-refractivity contribution in [1.82, 2.24) is 19.7 Å². The van der Waals surface area contributed by atoms with E-state index in [2.05, 4.69) is 28.5 Å². The van der Waals surface area contributed by atoms with Gasteiger partial charge in [0.25, 0.3) is 5.91 Å². The summed E-state index contributed by atoms with van der Waals surface area (Å²) >= 11 is 18.5. The Hall–Kier alpha value is -2.77. The van der Waals surface area contributed by atoms with Crippen molar-refractivity contribution in [3.05, 3.63) is 92.6 Å². The number of nitrogens with zero attached hydrogens (tertiary/aromatic N) is 3. The number of carbonyl (C=O) groups excluding carboxylic acids is 1. The number of hydrogen-bond donors (Lipinski definition) is 2. The fraction of sp³-hybridized carbons (Fsp3) is 0.353. The second-order valence-electron chi connectivity index (χ2n) is 11.9. The molecule has 0 spiro atoms. The number of carbonyl (C=O) groups is 1. The molecule has 0 aliphatic carbocycles. The smallest absolute Gasteiger partial charge is 0.253 e. The van der Waals surface area contributed by atoms with Crippen molar-refractivity contribution in [3.8, 4) is 5.75 Å². The molecule has 2 atom stereocenters. The molecule has 2 unspecified atom stereocenters. The molecule has 3 aromatic carbocycles. The Morgan fingerprint density at radius 2 is 1.80 bits per heavy atom. The predicted octanol–water partition coefficient (Wildman–Crippen LogP) is 7.02. The molecule has 7 nitrogen and oxygen atoms in total. The van der Waals surface area contributed by atoms with Gasteiger partial charge in [0.15, 0.2) is 0 Å². The molecule has 3 N–H and O–H groups in total. The Bertz CT molecular complexity index is 1710. The molecule has 1 aromatic heterocycles. The van der Waals surface area contributed by atoms with Gasteiger partial charge in [-0.05, 0) is 72.1 Å². The maximum Gasteiger partial charge on any atom is 0.253 e.